The third-order valence-corrected chi connectivity index (χ3v) is 6.91. The van der Waals surface area contributed by atoms with Crippen LogP contribution >= 0.6 is 0 Å². The first-order chi connectivity index (χ1) is 16.4. The van der Waals surface area contributed by atoms with Crippen molar-refractivity contribution < 1.29 is 27.1 Å². The van der Waals surface area contributed by atoms with Crippen molar-refractivity contribution in [2.75, 3.05) is 32.1 Å². The van der Waals surface area contributed by atoms with Crippen LogP contribution in [0.3, 0.4) is 0 Å². The number of pyridine rings is 1. The van der Waals surface area contributed by atoms with Gasteiger partial charge in [-0.05, 0) is 80.9 Å². The van der Waals surface area contributed by atoms with E-state index < -0.39 is 12.1 Å². The van der Waals surface area contributed by atoms with E-state index in [2.05, 4.69) is 26.9 Å². The first-order valence-electron chi connectivity index (χ1n) is 11.6. The molecule has 0 radical (unpaired) electrons. The highest BCUT2D eigenvalue weighted by Crippen LogP contribution is 2.57. The maximum absolute atomic E-state index is 14.0. The van der Waals surface area contributed by atoms with Crippen LogP contribution in [0.2, 0.25) is 0 Å². The molecule has 190 valence electrons. The van der Waals surface area contributed by atoms with E-state index in [0.29, 0.717) is 31.8 Å². The molecule has 0 aliphatic heterocycles. The number of aromatic nitrogens is 1. The molecule has 2 aromatic rings. The maximum Gasteiger partial charge on any atom is 0.573 e. The first kappa shape index (κ1) is 25.2. The van der Waals surface area contributed by atoms with Gasteiger partial charge in [0.1, 0.15) is 17.4 Å². The number of benzene rings is 1. The van der Waals surface area contributed by atoms with Crippen LogP contribution in [-0.2, 0) is 5.54 Å². The number of rotatable bonds is 8. The van der Waals surface area contributed by atoms with Crippen LogP contribution in [0.15, 0.2) is 42.6 Å². The molecule has 10 heteroatoms. The van der Waals surface area contributed by atoms with Gasteiger partial charge in [0.15, 0.2) is 0 Å². The Morgan fingerprint density at radius 1 is 1.20 bits per heavy atom. The highest BCUT2D eigenvalue weighted by Gasteiger charge is 2.55. The van der Waals surface area contributed by atoms with E-state index in [9.17, 15) is 22.4 Å². The van der Waals surface area contributed by atoms with Crippen molar-refractivity contribution in [2.45, 2.75) is 44.5 Å². The molecule has 0 bridgehead atoms. The molecule has 6 nitrogen and oxygen atoms in total. The molecule has 1 heterocycles. The molecule has 2 amide bonds. The number of hydrogen-bond acceptors (Lipinski definition) is 4. The normalized spacial score (nSPS) is 24.1. The number of amides is 2. The Hall–Kier alpha value is -2.88. The minimum Gasteiger partial charge on any atom is -0.404 e. The van der Waals surface area contributed by atoms with Gasteiger partial charge in [0.05, 0.1) is 6.20 Å². The zero-order valence-corrected chi connectivity index (χ0v) is 20.0. The molecule has 2 aliphatic carbocycles. The van der Waals surface area contributed by atoms with Gasteiger partial charge >= 0.3 is 12.4 Å². The van der Waals surface area contributed by atoms with Crippen molar-refractivity contribution in [3.05, 3.63) is 54.0 Å². The second-order valence-corrected chi connectivity index (χ2v) is 10.2. The van der Waals surface area contributed by atoms with Crippen LogP contribution < -0.4 is 15.0 Å². The molecule has 4 rings (SSSR count). The molecule has 0 saturated heterocycles. The molecule has 35 heavy (non-hydrogen) atoms. The topological polar surface area (TPSA) is 57.7 Å². The number of alkyl halides is 3. The van der Waals surface area contributed by atoms with Gasteiger partial charge in [-0.2, -0.15) is 0 Å². The summed E-state index contributed by atoms with van der Waals surface area (Å²) in [6.45, 7) is 2.91. The summed E-state index contributed by atoms with van der Waals surface area (Å²) >= 11 is 0. The summed E-state index contributed by atoms with van der Waals surface area (Å²) in [5, 5.41) is 2.93. The standard InChI is InChI=1S/C25H30F4N4O2/c1-23(14-24(15-23,32(2)3)18-5-4-6-19(26)11-18)16-33(22(34)31-12-17-7-8-17)21-10-9-20(13-30-21)35-25(27,28)29/h4-6,9-11,13,17H,7-8,12,14-16H2,1-3H3,(H,31,34)/t23-,24-. The Morgan fingerprint density at radius 3 is 2.46 bits per heavy atom. The average molecular weight is 495 g/mol. The van der Waals surface area contributed by atoms with Gasteiger partial charge in [-0.3, -0.25) is 9.80 Å². The van der Waals surface area contributed by atoms with Crippen LogP contribution in [-0.4, -0.2) is 49.5 Å². The summed E-state index contributed by atoms with van der Waals surface area (Å²) in [6, 6.07) is 8.71. The minimum absolute atomic E-state index is 0.238. The van der Waals surface area contributed by atoms with Crippen LogP contribution in [0, 0.1) is 17.2 Å². The number of nitrogens with zero attached hydrogens (tertiary/aromatic N) is 3. The van der Waals surface area contributed by atoms with Gasteiger partial charge in [-0.15, -0.1) is 13.2 Å². The van der Waals surface area contributed by atoms with E-state index in [1.807, 2.05) is 20.2 Å². The Morgan fingerprint density at radius 2 is 1.91 bits per heavy atom. The molecule has 1 aromatic carbocycles. The summed E-state index contributed by atoms with van der Waals surface area (Å²) in [4.78, 5) is 20.8. The third kappa shape index (κ3) is 5.86. The van der Waals surface area contributed by atoms with Crippen molar-refractivity contribution in [1.82, 2.24) is 15.2 Å². The van der Waals surface area contributed by atoms with E-state index in [4.69, 9.17) is 0 Å². The van der Waals surface area contributed by atoms with Crippen LogP contribution in [0.4, 0.5) is 28.2 Å². The first-order valence-corrected chi connectivity index (χ1v) is 11.6. The van der Waals surface area contributed by atoms with Crippen LogP contribution in [0.1, 0.15) is 38.2 Å². The fraction of sp³-hybridized carbons (Fsp3) is 0.520. The van der Waals surface area contributed by atoms with Gasteiger partial charge in [0.2, 0.25) is 0 Å². The number of carbonyl (C=O) groups excluding carboxylic acids is 1. The Balaban J connectivity index is 1.54. The predicted octanol–water partition coefficient (Wildman–Crippen LogP) is 5.30. The van der Waals surface area contributed by atoms with Gasteiger partial charge in [0, 0.05) is 18.6 Å². The number of halogens is 4. The number of nitrogens with one attached hydrogen (secondary N) is 1. The Bertz CT molecular complexity index is 1050. The lowest BCUT2D eigenvalue weighted by molar-refractivity contribution is -0.274. The van der Waals surface area contributed by atoms with Crippen molar-refractivity contribution in [1.29, 1.82) is 0 Å². The Kier molecular flexibility index (Phi) is 6.70. The van der Waals surface area contributed by atoms with Crippen molar-refractivity contribution >= 4 is 11.8 Å². The highest BCUT2D eigenvalue weighted by atomic mass is 19.4. The summed E-state index contributed by atoms with van der Waals surface area (Å²) in [5.41, 5.74) is 0.165. The van der Waals surface area contributed by atoms with E-state index >= 15 is 0 Å². The van der Waals surface area contributed by atoms with Crippen LogP contribution in [0.5, 0.6) is 5.75 Å². The fourth-order valence-electron chi connectivity index (χ4n) is 5.04. The number of hydrogen-bond donors (Lipinski definition) is 1. The van der Waals surface area contributed by atoms with Gasteiger partial charge < -0.3 is 10.1 Å². The lowest BCUT2D eigenvalue weighted by Gasteiger charge is -2.59. The zero-order valence-electron chi connectivity index (χ0n) is 20.0. The molecular formula is C25H30F4N4O2. The van der Waals surface area contributed by atoms with Gasteiger partial charge in [-0.25, -0.2) is 14.2 Å². The molecule has 0 unspecified atom stereocenters. The fourth-order valence-corrected chi connectivity index (χ4v) is 5.04. The zero-order chi connectivity index (χ0) is 25.4. The molecule has 1 aromatic heterocycles. The third-order valence-electron chi connectivity index (χ3n) is 6.91. The van der Waals surface area contributed by atoms with Crippen molar-refractivity contribution in [3.8, 4) is 5.75 Å². The molecular weight excluding hydrogens is 464 g/mol. The van der Waals surface area contributed by atoms with Gasteiger partial charge in [0.25, 0.3) is 0 Å². The summed E-state index contributed by atoms with van der Waals surface area (Å²) in [5.74, 6) is -0.0527. The molecule has 0 atom stereocenters. The monoisotopic (exact) mass is 494 g/mol. The lowest BCUT2D eigenvalue weighted by atomic mass is 9.55. The maximum atomic E-state index is 14.0. The van der Waals surface area contributed by atoms with E-state index in [-0.39, 0.29) is 28.6 Å². The largest absolute Gasteiger partial charge is 0.573 e. The van der Waals surface area contributed by atoms with Crippen molar-refractivity contribution in [3.63, 3.8) is 0 Å². The van der Waals surface area contributed by atoms with Crippen molar-refractivity contribution in [2.24, 2.45) is 11.3 Å². The molecule has 1 N–H and O–H groups in total. The second-order valence-electron chi connectivity index (χ2n) is 10.2. The number of carbonyl (C=O) groups is 1. The minimum atomic E-state index is -4.82. The molecule has 2 fully saturated rings. The second kappa shape index (κ2) is 9.29. The Labute approximate surface area is 202 Å². The quantitative estimate of drug-likeness (QED) is 0.506. The highest BCUT2D eigenvalue weighted by molar-refractivity contribution is 5.91. The summed E-state index contributed by atoms with van der Waals surface area (Å²) < 4.78 is 55.5. The summed E-state index contributed by atoms with van der Waals surface area (Å²) in [7, 11) is 3.90. The predicted molar refractivity (Wildman–Crippen MR) is 123 cm³/mol. The molecule has 2 saturated carbocycles. The van der Waals surface area contributed by atoms with E-state index in [1.54, 1.807) is 12.1 Å². The number of anilines is 1. The smallest absolute Gasteiger partial charge is 0.404 e. The number of urea groups is 1. The summed E-state index contributed by atoms with van der Waals surface area (Å²) in [6.07, 6.45) is -0.395. The van der Waals surface area contributed by atoms with E-state index in [0.717, 1.165) is 30.7 Å². The number of ether oxygens (including phenoxy) is 1. The molecule has 0 spiro atoms. The van der Waals surface area contributed by atoms with E-state index in [1.165, 1.54) is 17.0 Å². The lowest BCUT2D eigenvalue weighted by Crippen LogP contribution is -2.60. The SMILES string of the molecule is CN(C)[C@]1(c2cccc(F)c2)C[C@@](C)(CN(C(=O)NCC2CC2)c2ccc(OC(F)(F)F)cn2)C1. The average Bonchev–Trinajstić information content (AvgIpc) is 3.58. The van der Waals surface area contributed by atoms with Crippen LogP contribution in [0.25, 0.3) is 0 Å². The van der Waals surface area contributed by atoms with Gasteiger partial charge in [-0.1, -0.05) is 19.1 Å². The molecule has 2 aliphatic rings.